The first kappa shape index (κ1) is 20.2. The summed E-state index contributed by atoms with van der Waals surface area (Å²) in [4.78, 5) is 16.2. The van der Waals surface area contributed by atoms with Crippen molar-refractivity contribution in [2.75, 3.05) is 7.11 Å². The van der Waals surface area contributed by atoms with Crippen molar-refractivity contribution >= 4 is 28.5 Å². The molecule has 1 atom stereocenters. The van der Waals surface area contributed by atoms with Crippen LogP contribution < -0.4 is 0 Å². The van der Waals surface area contributed by atoms with E-state index in [2.05, 4.69) is 14.9 Å². The van der Waals surface area contributed by atoms with E-state index in [1.165, 1.54) is 7.11 Å². The van der Waals surface area contributed by atoms with Crippen molar-refractivity contribution in [2.24, 2.45) is 0 Å². The summed E-state index contributed by atoms with van der Waals surface area (Å²) < 4.78 is 16.0. The zero-order valence-corrected chi connectivity index (χ0v) is 17.5. The first-order valence-corrected chi connectivity index (χ1v) is 10.1. The van der Waals surface area contributed by atoms with Gasteiger partial charge in [0.2, 0.25) is 5.89 Å². The van der Waals surface area contributed by atoms with Crippen molar-refractivity contribution in [2.45, 2.75) is 31.6 Å². The Morgan fingerprint density at radius 2 is 1.90 bits per heavy atom. The maximum atomic E-state index is 11.5. The molecule has 2 aromatic heterocycles. The van der Waals surface area contributed by atoms with E-state index < -0.39 is 11.3 Å². The fourth-order valence-electron chi connectivity index (χ4n) is 3.36. The molecule has 0 spiro atoms. The van der Waals surface area contributed by atoms with Gasteiger partial charge in [0.25, 0.3) is 0 Å². The monoisotopic (exact) mass is 424 g/mol. The van der Waals surface area contributed by atoms with Crippen LogP contribution in [0.3, 0.4) is 0 Å². The number of nitrogens with zero attached hydrogens (tertiary/aromatic N) is 2. The van der Waals surface area contributed by atoms with Crippen LogP contribution in [0.5, 0.6) is 0 Å². The highest BCUT2D eigenvalue weighted by molar-refractivity contribution is 6.30. The molecule has 7 heteroatoms. The molecule has 0 N–H and O–H groups in total. The largest absolute Gasteiger partial charge is 0.468 e. The minimum Gasteiger partial charge on any atom is -0.468 e. The number of ether oxygens (including phenoxy) is 1. The van der Waals surface area contributed by atoms with Crippen molar-refractivity contribution in [3.05, 3.63) is 71.2 Å². The number of oxazole rings is 1. The van der Waals surface area contributed by atoms with Crippen LogP contribution in [-0.2, 0) is 28.8 Å². The molecule has 2 aromatic carbocycles. The van der Waals surface area contributed by atoms with E-state index in [0.29, 0.717) is 30.7 Å². The van der Waals surface area contributed by atoms with E-state index in [0.717, 1.165) is 33.7 Å². The maximum Gasteiger partial charge on any atom is 0.324 e. The molecule has 30 heavy (non-hydrogen) atoms. The molecule has 4 rings (SSSR count). The Labute approximate surface area is 178 Å². The summed E-state index contributed by atoms with van der Waals surface area (Å²) in [5.41, 5.74) is 4.27. The number of carbonyl (C=O) groups excluding carboxylic acids is 1. The molecule has 0 fully saturated rings. The summed E-state index contributed by atoms with van der Waals surface area (Å²) in [6.45, 7) is 1.92. The van der Waals surface area contributed by atoms with Gasteiger partial charge in [0, 0.05) is 10.9 Å². The van der Waals surface area contributed by atoms with Crippen LogP contribution in [0.2, 0.25) is 0 Å². The topological polar surface area (TPSA) is 78.4 Å². The lowest BCUT2D eigenvalue weighted by molar-refractivity contribution is -0.140. The Bertz CT molecular complexity index is 1170. The van der Waals surface area contributed by atoms with Crippen molar-refractivity contribution in [3.8, 4) is 11.5 Å². The predicted octanol–water partition coefficient (Wildman–Crippen LogP) is 4.90. The Morgan fingerprint density at radius 1 is 1.13 bits per heavy atom. The third-order valence-corrected chi connectivity index (χ3v) is 5.33. The highest BCUT2D eigenvalue weighted by atomic mass is 35.5. The number of hydrogen-bond donors (Lipinski definition) is 0. The first-order valence-electron chi connectivity index (χ1n) is 9.66. The van der Waals surface area contributed by atoms with Crippen molar-refractivity contribution in [1.82, 2.24) is 10.1 Å². The van der Waals surface area contributed by atoms with Gasteiger partial charge in [-0.1, -0.05) is 29.4 Å². The third kappa shape index (κ3) is 4.24. The van der Waals surface area contributed by atoms with Crippen LogP contribution in [0, 0.1) is 6.92 Å². The predicted molar refractivity (Wildman–Crippen MR) is 113 cm³/mol. The molecule has 2 heterocycles. The zero-order valence-electron chi connectivity index (χ0n) is 16.7. The number of benzene rings is 2. The molecule has 1 unspecified atom stereocenters. The Morgan fingerprint density at radius 3 is 2.67 bits per heavy atom. The van der Waals surface area contributed by atoms with Gasteiger partial charge in [-0.15, -0.1) is 11.6 Å². The second-order valence-electron chi connectivity index (χ2n) is 7.04. The summed E-state index contributed by atoms with van der Waals surface area (Å²) in [6.07, 6.45) is 1.73. The molecular weight excluding hydrogens is 404 g/mol. The van der Waals surface area contributed by atoms with E-state index in [-0.39, 0.29) is 0 Å². The van der Waals surface area contributed by atoms with E-state index in [4.69, 9.17) is 20.5 Å². The number of esters is 1. The van der Waals surface area contributed by atoms with Gasteiger partial charge in [0.15, 0.2) is 5.58 Å². The second-order valence-corrected chi connectivity index (χ2v) is 7.57. The number of aromatic nitrogens is 2. The zero-order chi connectivity index (χ0) is 21.1. The number of aryl methyl sites for hydroxylation is 3. The summed E-state index contributed by atoms with van der Waals surface area (Å²) in [6, 6.07) is 15.6. The van der Waals surface area contributed by atoms with E-state index in [1.807, 2.05) is 55.5 Å². The van der Waals surface area contributed by atoms with Crippen LogP contribution in [0.1, 0.15) is 22.7 Å². The van der Waals surface area contributed by atoms with Gasteiger partial charge in [-0.3, -0.25) is 4.79 Å². The Kier molecular flexibility index (Phi) is 5.86. The molecular formula is C23H21ClN2O4. The molecule has 154 valence electrons. The minimum absolute atomic E-state index is 0.362. The maximum absolute atomic E-state index is 11.5. The SMILES string of the molecule is COC(=O)C(Cl)Cc1ccc2c(CCc3nc(-c4ccccc4)oc3C)noc2c1. The summed E-state index contributed by atoms with van der Waals surface area (Å²) in [5, 5.41) is 4.42. The third-order valence-electron chi connectivity index (χ3n) is 4.99. The fraction of sp³-hybridized carbons (Fsp3) is 0.261. The molecule has 0 amide bonds. The number of halogens is 1. The standard InChI is InChI=1S/C23H21ClN2O4/c1-14-19(25-22(29-14)16-6-4-3-5-7-16)10-11-20-17-9-8-15(13-21(17)30-26-20)12-18(24)23(27)28-2/h3-9,13,18H,10-12H2,1-2H3. The van der Waals surface area contributed by atoms with Crippen molar-refractivity contribution in [3.63, 3.8) is 0 Å². The first-order chi connectivity index (χ1) is 14.5. The van der Waals surface area contributed by atoms with E-state index in [1.54, 1.807) is 0 Å². The van der Waals surface area contributed by atoms with E-state index in [9.17, 15) is 4.79 Å². The fourth-order valence-corrected chi connectivity index (χ4v) is 3.63. The minimum atomic E-state index is -0.733. The normalized spacial score (nSPS) is 12.2. The van der Waals surface area contributed by atoms with Crippen LogP contribution in [0.4, 0.5) is 0 Å². The number of rotatable bonds is 7. The molecule has 0 aliphatic carbocycles. The highest BCUT2D eigenvalue weighted by Gasteiger charge is 2.18. The number of fused-ring (bicyclic) bond motifs is 1. The molecule has 6 nitrogen and oxygen atoms in total. The lowest BCUT2D eigenvalue weighted by atomic mass is 10.0. The lowest BCUT2D eigenvalue weighted by Crippen LogP contribution is -2.18. The molecule has 0 aliphatic rings. The van der Waals surface area contributed by atoms with Gasteiger partial charge in [-0.25, -0.2) is 4.98 Å². The number of hydrogen-bond acceptors (Lipinski definition) is 6. The smallest absolute Gasteiger partial charge is 0.324 e. The summed E-state index contributed by atoms with van der Waals surface area (Å²) in [5.74, 6) is 0.978. The molecule has 0 aliphatic heterocycles. The van der Waals surface area contributed by atoms with Crippen LogP contribution >= 0.6 is 11.6 Å². The summed E-state index contributed by atoms with van der Waals surface area (Å²) in [7, 11) is 1.32. The van der Waals surface area contributed by atoms with Gasteiger partial charge in [0.05, 0.1) is 18.5 Å². The molecule has 0 saturated carbocycles. The quantitative estimate of drug-likeness (QED) is 0.310. The van der Waals surface area contributed by atoms with E-state index >= 15 is 0 Å². The molecule has 0 saturated heterocycles. The number of carbonyl (C=O) groups is 1. The van der Waals surface area contributed by atoms with Crippen molar-refractivity contribution in [1.29, 1.82) is 0 Å². The Balaban J connectivity index is 1.47. The lowest BCUT2D eigenvalue weighted by Gasteiger charge is -2.06. The van der Waals surface area contributed by atoms with Gasteiger partial charge in [-0.05, 0) is 56.0 Å². The van der Waals surface area contributed by atoms with Crippen LogP contribution in [-0.4, -0.2) is 28.6 Å². The Hall–Kier alpha value is -3.12. The summed E-state index contributed by atoms with van der Waals surface area (Å²) >= 11 is 6.06. The van der Waals surface area contributed by atoms with Crippen molar-refractivity contribution < 1.29 is 18.5 Å². The van der Waals surface area contributed by atoms with Crippen LogP contribution in [0.25, 0.3) is 22.4 Å². The van der Waals surface area contributed by atoms with Crippen LogP contribution in [0.15, 0.2) is 57.5 Å². The van der Waals surface area contributed by atoms with Gasteiger partial charge < -0.3 is 13.7 Å². The van der Waals surface area contributed by atoms with Gasteiger partial charge >= 0.3 is 5.97 Å². The average molecular weight is 425 g/mol. The molecule has 0 radical (unpaired) electrons. The second kappa shape index (κ2) is 8.71. The van der Waals surface area contributed by atoms with Gasteiger partial charge in [-0.2, -0.15) is 0 Å². The highest BCUT2D eigenvalue weighted by Crippen LogP contribution is 2.25. The number of alkyl halides is 1. The van der Waals surface area contributed by atoms with Gasteiger partial charge in [0.1, 0.15) is 11.1 Å². The number of methoxy groups -OCH3 is 1. The molecule has 0 bridgehead atoms. The average Bonchev–Trinajstić information content (AvgIpc) is 3.35. The molecule has 4 aromatic rings.